The molecule has 3 aromatic rings. The summed E-state index contributed by atoms with van der Waals surface area (Å²) in [6, 6.07) is 15.5. The highest BCUT2D eigenvalue weighted by Crippen LogP contribution is 2.24. The molecule has 0 fully saturated rings. The van der Waals surface area contributed by atoms with Crippen LogP contribution in [0.4, 0.5) is 0 Å². The van der Waals surface area contributed by atoms with Gasteiger partial charge in [-0.2, -0.15) is 0 Å². The molecule has 2 aromatic carbocycles. The lowest BCUT2D eigenvalue weighted by molar-refractivity contribution is -0.129. The van der Waals surface area contributed by atoms with E-state index >= 15 is 0 Å². The predicted octanol–water partition coefficient (Wildman–Crippen LogP) is 4.68. The highest BCUT2D eigenvalue weighted by atomic mass is 32.1. The molecule has 0 aliphatic heterocycles. The first-order chi connectivity index (χ1) is 20.8. The van der Waals surface area contributed by atoms with Crippen LogP contribution >= 0.6 is 11.3 Å². The fourth-order valence-corrected chi connectivity index (χ4v) is 5.96. The van der Waals surface area contributed by atoms with E-state index in [0.29, 0.717) is 50.9 Å². The number of hydrogen-bond donors (Lipinski definition) is 3. The Bertz CT molecular complexity index is 1350. The Morgan fingerprint density at radius 3 is 2.33 bits per heavy atom. The molecule has 0 aliphatic rings. The van der Waals surface area contributed by atoms with Gasteiger partial charge in [0, 0.05) is 38.0 Å². The summed E-state index contributed by atoms with van der Waals surface area (Å²) in [6.07, 6.45) is 2.97. The molecule has 0 aliphatic carbocycles. The number of carbonyl (C=O) groups is 3. The van der Waals surface area contributed by atoms with E-state index in [9.17, 15) is 14.4 Å². The maximum absolute atomic E-state index is 13.5. The maximum atomic E-state index is 13.5. The smallest absolute Gasteiger partial charge is 0.247 e. The van der Waals surface area contributed by atoms with Gasteiger partial charge >= 0.3 is 0 Å². The highest BCUT2D eigenvalue weighted by molar-refractivity contribution is 7.18. The third-order valence-corrected chi connectivity index (χ3v) is 8.57. The monoisotopic (exact) mass is 605 g/mol. The lowest BCUT2D eigenvalue weighted by Crippen LogP contribution is -2.49. The third-order valence-electron chi connectivity index (χ3n) is 7.53. The molecule has 0 saturated carbocycles. The second-order valence-corrected chi connectivity index (χ2v) is 12.0. The van der Waals surface area contributed by atoms with Gasteiger partial charge in [0.2, 0.25) is 17.7 Å². The Morgan fingerprint density at radius 1 is 0.930 bits per heavy atom. The number of nitrogens with zero attached hydrogens (tertiary/aromatic N) is 2. The Labute approximate surface area is 260 Å². The molecule has 1 unspecified atom stereocenters. The molecule has 0 radical (unpaired) electrons. The van der Waals surface area contributed by atoms with E-state index in [1.54, 1.807) is 11.3 Å². The topological polar surface area (TPSA) is 103 Å². The van der Waals surface area contributed by atoms with Crippen LogP contribution < -0.4 is 16.0 Å². The van der Waals surface area contributed by atoms with Crippen molar-refractivity contribution in [3.63, 3.8) is 0 Å². The van der Waals surface area contributed by atoms with Crippen molar-refractivity contribution in [3.8, 4) is 0 Å². The Hall–Kier alpha value is -3.56. The lowest BCUT2D eigenvalue weighted by Gasteiger charge is -2.23. The molecule has 0 spiro atoms. The zero-order valence-electron chi connectivity index (χ0n) is 26.1. The van der Waals surface area contributed by atoms with Crippen molar-refractivity contribution in [1.29, 1.82) is 0 Å². The number of rotatable bonds is 18. The molecule has 8 nitrogen and oxygen atoms in total. The van der Waals surface area contributed by atoms with Crippen molar-refractivity contribution in [2.75, 3.05) is 32.7 Å². The summed E-state index contributed by atoms with van der Waals surface area (Å²) in [5.74, 6) is -0.647. The van der Waals surface area contributed by atoms with Gasteiger partial charge in [-0.25, -0.2) is 4.98 Å². The van der Waals surface area contributed by atoms with Crippen LogP contribution in [-0.2, 0) is 33.6 Å². The average Bonchev–Trinajstić information content (AvgIpc) is 3.42. The number of carbonyl (C=O) groups excluding carboxylic acids is 3. The molecule has 43 heavy (non-hydrogen) atoms. The van der Waals surface area contributed by atoms with Crippen LogP contribution in [0.3, 0.4) is 0 Å². The third kappa shape index (κ3) is 10.9. The number of nitrogens with one attached hydrogen (secondary N) is 3. The zero-order valence-corrected chi connectivity index (χ0v) is 26.9. The van der Waals surface area contributed by atoms with Crippen LogP contribution in [0.2, 0.25) is 0 Å². The van der Waals surface area contributed by atoms with Gasteiger partial charge < -0.3 is 16.0 Å². The normalized spacial score (nSPS) is 12.6. The van der Waals surface area contributed by atoms with Crippen molar-refractivity contribution in [2.24, 2.45) is 5.92 Å². The van der Waals surface area contributed by atoms with Gasteiger partial charge in [0.25, 0.3) is 0 Å². The number of aryl methyl sites for hydroxylation is 1. The van der Waals surface area contributed by atoms with E-state index in [1.165, 1.54) is 5.56 Å². The zero-order chi connectivity index (χ0) is 31.2. The van der Waals surface area contributed by atoms with Gasteiger partial charge in [-0.05, 0) is 61.5 Å². The minimum Gasteiger partial charge on any atom is -0.354 e. The fourth-order valence-electron chi connectivity index (χ4n) is 4.88. The quantitative estimate of drug-likeness (QED) is 0.183. The number of benzene rings is 2. The first-order valence-electron chi connectivity index (χ1n) is 15.4. The predicted molar refractivity (Wildman–Crippen MR) is 176 cm³/mol. The van der Waals surface area contributed by atoms with Crippen LogP contribution in [0.5, 0.6) is 0 Å². The summed E-state index contributed by atoms with van der Waals surface area (Å²) in [7, 11) is 0. The maximum Gasteiger partial charge on any atom is 0.247 e. The van der Waals surface area contributed by atoms with Crippen molar-refractivity contribution in [2.45, 2.75) is 65.8 Å². The van der Waals surface area contributed by atoms with Gasteiger partial charge in [0.15, 0.2) is 0 Å². The molecule has 9 heteroatoms. The minimum atomic E-state index is -0.744. The number of likely N-dealkylation sites (N-methyl/N-ethyl adjacent to an activating group) is 1. The molecule has 2 atom stereocenters. The van der Waals surface area contributed by atoms with E-state index in [0.717, 1.165) is 40.3 Å². The molecule has 1 aromatic heterocycles. The Balaban J connectivity index is 1.70. The molecule has 0 saturated heterocycles. The molecule has 1 heterocycles. The summed E-state index contributed by atoms with van der Waals surface area (Å²) in [5, 5.41) is 9.83. The van der Waals surface area contributed by atoms with Crippen molar-refractivity contribution < 1.29 is 14.4 Å². The van der Waals surface area contributed by atoms with Gasteiger partial charge in [-0.1, -0.05) is 70.7 Å². The van der Waals surface area contributed by atoms with Gasteiger partial charge in [-0.15, -0.1) is 11.3 Å². The summed E-state index contributed by atoms with van der Waals surface area (Å²) in [4.78, 5) is 45.8. The summed E-state index contributed by atoms with van der Waals surface area (Å²) >= 11 is 1.56. The molecule has 232 valence electrons. The van der Waals surface area contributed by atoms with Crippen LogP contribution in [0.15, 0.2) is 60.7 Å². The van der Waals surface area contributed by atoms with E-state index in [4.69, 9.17) is 4.98 Å². The number of fused-ring (bicyclic) bond motifs is 1. The van der Waals surface area contributed by atoms with Crippen LogP contribution in [0, 0.1) is 5.92 Å². The largest absolute Gasteiger partial charge is 0.354 e. The van der Waals surface area contributed by atoms with E-state index in [2.05, 4.69) is 60.3 Å². The van der Waals surface area contributed by atoms with Crippen molar-refractivity contribution in [1.82, 2.24) is 25.8 Å². The van der Waals surface area contributed by atoms with E-state index in [-0.39, 0.29) is 23.6 Å². The van der Waals surface area contributed by atoms with E-state index < -0.39 is 6.04 Å². The van der Waals surface area contributed by atoms with Crippen LogP contribution in [0.25, 0.3) is 10.2 Å². The van der Waals surface area contributed by atoms with Crippen molar-refractivity contribution >= 4 is 39.3 Å². The first-order valence-corrected chi connectivity index (χ1v) is 16.2. The Kier molecular flexibility index (Phi) is 13.8. The standard InChI is InChI=1S/C34H47N5O3S/c1-6-13-31(40)37-29(20-32-38-28-17-16-25(7-2)19-30(28)43-32)34(42)36-22-27(18-26-14-11-10-12-15-26)21-35-33(41)24(5)23-39(8-3)9-4/h10-12,14-17,19,27,29H,5-9,13,18,20-23H2,1-4H3,(H,35,41)(H,36,42)(H,37,40)/t27?,29-/m0/s1. The number of amides is 3. The summed E-state index contributed by atoms with van der Waals surface area (Å²) in [5.41, 5.74) is 3.78. The number of aromatic nitrogens is 1. The number of hydrogen-bond acceptors (Lipinski definition) is 6. The van der Waals surface area contributed by atoms with Crippen LogP contribution in [0.1, 0.15) is 56.7 Å². The minimum absolute atomic E-state index is 0.0570. The van der Waals surface area contributed by atoms with Gasteiger partial charge in [-0.3, -0.25) is 19.3 Å². The molecule has 3 N–H and O–H groups in total. The summed E-state index contributed by atoms with van der Waals surface area (Å²) < 4.78 is 1.08. The summed E-state index contributed by atoms with van der Waals surface area (Å²) in [6.45, 7) is 15.1. The number of thiazole rings is 1. The van der Waals surface area contributed by atoms with E-state index in [1.807, 2.05) is 43.3 Å². The second kappa shape index (κ2) is 17.5. The molecule has 0 bridgehead atoms. The average molecular weight is 606 g/mol. The molecular weight excluding hydrogens is 558 g/mol. The van der Waals surface area contributed by atoms with Crippen LogP contribution in [-0.4, -0.2) is 66.4 Å². The van der Waals surface area contributed by atoms with Crippen molar-refractivity contribution in [3.05, 3.63) is 76.8 Å². The first kappa shape index (κ1) is 33.9. The fraction of sp³-hybridized carbons (Fsp3) is 0.471. The Morgan fingerprint density at radius 2 is 1.65 bits per heavy atom. The second-order valence-electron chi connectivity index (χ2n) is 10.9. The molecule has 3 amide bonds. The van der Waals surface area contributed by atoms with Gasteiger partial charge in [0.1, 0.15) is 6.04 Å². The molecule has 3 rings (SSSR count). The lowest BCUT2D eigenvalue weighted by atomic mass is 9.98. The SMILES string of the molecule is C=C(CN(CC)CC)C(=O)NCC(CNC(=O)[C@H](Cc1nc2ccc(CC)cc2s1)NC(=O)CCC)Cc1ccccc1. The molecular formula is C34H47N5O3S. The highest BCUT2D eigenvalue weighted by Gasteiger charge is 2.24. The van der Waals surface area contributed by atoms with Gasteiger partial charge in [0.05, 0.1) is 15.2 Å².